The number of aromatic amines is 3. The topological polar surface area (TPSA) is 277 Å². The van der Waals surface area contributed by atoms with Crippen molar-refractivity contribution in [2.24, 2.45) is 14.1 Å². The van der Waals surface area contributed by atoms with Gasteiger partial charge in [0.15, 0.2) is 0 Å². The quantitative estimate of drug-likeness (QED) is 0.127. The number of thiazole rings is 2. The van der Waals surface area contributed by atoms with Crippen LogP contribution in [0.15, 0.2) is 178 Å². The van der Waals surface area contributed by atoms with Crippen LogP contribution in [-0.2, 0) is 14.1 Å². The first-order valence-electron chi connectivity index (χ1n) is 36.1. The molecule has 13 aromatic rings. The van der Waals surface area contributed by atoms with Gasteiger partial charge in [-0.25, -0.2) is 28.7 Å². The van der Waals surface area contributed by atoms with E-state index in [2.05, 4.69) is 96.5 Å². The summed E-state index contributed by atoms with van der Waals surface area (Å²) in [4.78, 5) is 34.2. The van der Waals surface area contributed by atoms with Crippen molar-refractivity contribution in [3.05, 3.63) is 225 Å². The summed E-state index contributed by atoms with van der Waals surface area (Å²) in [6, 6.07) is 7.49. The highest BCUT2D eigenvalue weighted by molar-refractivity contribution is 7.09. The predicted octanol–water partition coefficient (Wildman–Crippen LogP) is 25.9. The fourth-order valence-corrected chi connectivity index (χ4v) is 6.08. The maximum atomic E-state index is 4.58. The van der Waals surface area contributed by atoms with Gasteiger partial charge in [0.2, 0.25) is 0 Å². The third-order valence-corrected chi connectivity index (χ3v) is 10.9. The Kier molecular flexibility index (Phi) is 147. The van der Waals surface area contributed by atoms with E-state index in [0.29, 0.717) is 0 Å². The molecule has 0 unspecified atom stereocenters. The minimum absolute atomic E-state index is 0.856. The van der Waals surface area contributed by atoms with Gasteiger partial charge in [-0.1, -0.05) is 195 Å². The highest BCUT2D eigenvalue weighted by Crippen LogP contribution is 2.01. The van der Waals surface area contributed by atoms with Crippen molar-refractivity contribution >= 4 is 57.5 Å². The van der Waals surface area contributed by atoms with E-state index in [0.717, 1.165) is 45.6 Å². The summed E-state index contributed by atoms with van der Waals surface area (Å²) < 4.78 is 32.5. The van der Waals surface area contributed by atoms with Crippen LogP contribution in [0.25, 0.3) is 0 Å². The monoisotopic (exact) mass is 1550 g/mol. The van der Waals surface area contributed by atoms with Gasteiger partial charge in [0.05, 0.1) is 71.7 Å². The normalized spacial score (nSPS) is 7.38. The standard InChI is InChI=1S/5C4H6N2.3C4H5NO.4C4H5NS.C3H4N2S.13C2H6/c2*1-4-2-5-3-6-4;1-6-3-2-5-4-6;1-6-4-2-3-5-6;1-4-5-2-3-6-4;1-4-2-5-6-3-4;1-4-2-3-6-5-4;1-4-2-3-5-6-4;1-4-2-6-3-5-4;1-4-2-5-3-6-4;1-4-2-5-6-3-4;1-4-2-3-5-6-4;1-3-2-4-6-5-3;13*1-2/h2*2-3H,1H3,(H,5,6);2*2-4H,1H3;2-3H,1H3,(H,5,6);7*2-3H,1H3;2H,1H3;13*1-2H3. The molecule has 13 rings (SSSR count). The average Bonchev–Trinajstić information content (AvgIpc) is 4.52. The van der Waals surface area contributed by atoms with Crippen molar-refractivity contribution in [2.45, 2.75) is 256 Å². The molecular weight excluding hydrogens is 1400 g/mol. The molecule has 0 aliphatic carbocycles. The second-order valence-electron chi connectivity index (χ2n) is 15.1. The molecule has 0 saturated carbocycles. The molecule has 0 amide bonds. The minimum Gasteiger partial charge on any atom is -0.365 e. The first-order valence-corrected chi connectivity index (χ1v) is 40.3. The van der Waals surface area contributed by atoms with E-state index in [-0.39, 0.29) is 0 Å². The molecule has 13 heterocycles. The lowest BCUT2D eigenvalue weighted by Crippen LogP contribution is -1.83. The molecule has 22 nitrogen and oxygen atoms in total. The zero-order valence-corrected chi connectivity index (χ0v) is 76.1. The zero-order chi connectivity index (χ0) is 83.3. The molecule has 0 saturated heterocycles. The van der Waals surface area contributed by atoms with Gasteiger partial charge in [-0.15, -0.1) is 22.7 Å². The lowest BCUT2D eigenvalue weighted by Gasteiger charge is -1.77. The van der Waals surface area contributed by atoms with E-state index in [9.17, 15) is 0 Å². The second-order valence-corrected chi connectivity index (χ2v) is 19.2. The number of aromatic nitrogens is 19. The molecule has 0 aliphatic heterocycles. The first kappa shape index (κ1) is 126. The van der Waals surface area contributed by atoms with Crippen LogP contribution in [0, 0.1) is 76.2 Å². The molecule has 0 bridgehead atoms. The van der Waals surface area contributed by atoms with Crippen molar-refractivity contribution in [3.63, 3.8) is 0 Å². The summed E-state index contributed by atoms with van der Waals surface area (Å²) in [6.07, 6.45) is 33.1. The van der Waals surface area contributed by atoms with E-state index in [1.807, 2.05) is 334 Å². The van der Waals surface area contributed by atoms with Gasteiger partial charge in [-0.2, -0.15) is 13.8 Å². The number of hydrogen-bond acceptors (Lipinski definition) is 22. The summed E-state index contributed by atoms with van der Waals surface area (Å²) in [5.41, 5.74) is 11.2. The van der Waals surface area contributed by atoms with Crippen molar-refractivity contribution in [1.82, 2.24) is 92.2 Å². The number of hydrogen-bond donors (Lipinski definition) is 3. The summed E-state index contributed by atoms with van der Waals surface area (Å²) in [7, 11) is 3.83. The van der Waals surface area contributed by atoms with Crippen LogP contribution >= 0.6 is 57.5 Å². The maximum absolute atomic E-state index is 4.58. The molecule has 0 aromatic carbocycles. The summed E-state index contributed by atoms with van der Waals surface area (Å²) in [6.45, 7) is 73.5. The predicted molar refractivity (Wildman–Crippen MR) is 460 cm³/mol. The van der Waals surface area contributed by atoms with Gasteiger partial charge in [-0.3, -0.25) is 14.6 Å². The Morgan fingerprint density at radius 3 is 1.13 bits per heavy atom. The SMILES string of the molecule is CC.CC.CC.CC.CC.CC.CC.CC.CC.CC.CC.CC.CC.Cc1ccno1.Cc1ccns1.Cc1ccon1.Cc1cnc[nH]1.Cc1cnc[nH]1.Cc1cncs1.Cc1cnoc1.Cc1cnsc1.Cc1cnsn1.Cc1cscn1.Cc1ncc[nH]1.Cn1cccn1.Cn1ccnc1. The lowest BCUT2D eigenvalue weighted by atomic mass is 10.4. The van der Waals surface area contributed by atoms with Gasteiger partial charge in [-0.05, 0) is 117 Å². The second kappa shape index (κ2) is 122. The van der Waals surface area contributed by atoms with Gasteiger partial charge in [0, 0.05) is 138 Å². The highest BCUT2D eigenvalue weighted by atomic mass is 32.1. The van der Waals surface area contributed by atoms with Crippen LogP contribution in [-0.4, -0.2) is 92.2 Å². The van der Waals surface area contributed by atoms with Gasteiger partial charge >= 0.3 is 0 Å². The summed E-state index contributed by atoms with van der Waals surface area (Å²) in [5.74, 6) is 1.82. The van der Waals surface area contributed by atoms with Gasteiger partial charge < -0.3 is 33.1 Å². The summed E-state index contributed by atoms with van der Waals surface area (Å²) in [5, 5.41) is 18.3. The largest absolute Gasteiger partial charge is 0.365 e. The molecule has 27 heteroatoms. The minimum atomic E-state index is 0.856. The molecule has 13 aromatic heterocycles. The Morgan fingerprint density at radius 2 is 1.02 bits per heavy atom. The molecule has 598 valence electrons. The van der Waals surface area contributed by atoms with Crippen molar-refractivity contribution < 1.29 is 13.6 Å². The molecule has 3 N–H and O–H groups in total. The highest BCUT2D eigenvalue weighted by Gasteiger charge is 1.83. The first-order chi connectivity index (χ1) is 50.6. The van der Waals surface area contributed by atoms with E-state index in [1.54, 1.807) is 133 Å². The Labute approximate surface area is 654 Å². The molecule has 0 fully saturated rings. The van der Waals surface area contributed by atoms with Crippen LogP contribution in [0.3, 0.4) is 0 Å². The van der Waals surface area contributed by atoms with E-state index in [1.165, 1.54) is 50.1 Å². The van der Waals surface area contributed by atoms with Gasteiger partial charge in [0.25, 0.3) is 0 Å². The smallest absolute Gasteiger partial charge is 0.133 e. The van der Waals surface area contributed by atoms with Gasteiger partial charge in [0.1, 0.15) is 24.1 Å². The van der Waals surface area contributed by atoms with Crippen LogP contribution in [0.2, 0.25) is 0 Å². The van der Waals surface area contributed by atoms with Crippen molar-refractivity contribution in [1.29, 1.82) is 0 Å². The Hall–Kier alpha value is -8.24. The van der Waals surface area contributed by atoms with Crippen molar-refractivity contribution in [3.8, 4) is 0 Å². The maximum Gasteiger partial charge on any atom is 0.133 e. The fraction of sp³-hybridized carbons (Fsp3) is 0.506. The molecule has 104 heavy (non-hydrogen) atoms. The number of H-pyrrole nitrogens is 3. The molecule has 0 atom stereocenters. The molecular formula is C77H147N19O3S5. The third kappa shape index (κ3) is 118. The zero-order valence-electron chi connectivity index (χ0n) is 72.0. The lowest BCUT2D eigenvalue weighted by molar-refractivity contribution is 0.397. The van der Waals surface area contributed by atoms with E-state index < -0.39 is 0 Å². The van der Waals surface area contributed by atoms with Crippen LogP contribution in [0.5, 0.6) is 0 Å². The number of nitrogens with one attached hydrogen (secondary N) is 3. The molecule has 0 aliphatic rings. The fourth-order valence-electron chi connectivity index (χ4n) is 3.78. The molecule has 0 radical (unpaired) electrons. The number of aryl methyl sites for hydroxylation is 13. The Morgan fingerprint density at radius 1 is 0.442 bits per heavy atom. The summed E-state index contributed by atoms with van der Waals surface area (Å²) >= 11 is 7.55. The third-order valence-electron chi connectivity index (χ3n) is 7.57. The number of rotatable bonds is 0. The average molecular weight is 1550 g/mol. The molecule has 0 spiro atoms. The van der Waals surface area contributed by atoms with Crippen LogP contribution < -0.4 is 0 Å². The Balaban J connectivity index is -0.0000000764. The van der Waals surface area contributed by atoms with Crippen molar-refractivity contribution in [2.75, 3.05) is 0 Å². The Bertz CT molecular complexity index is 2240. The number of nitrogens with zero attached hydrogens (tertiary/aromatic N) is 16. The van der Waals surface area contributed by atoms with E-state index in [4.69, 9.17) is 0 Å². The van der Waals surface area contributed by atoms with Crippen LogP contribution in [0.1, 0.15) is 241 Å². The van der Waals surface area contributed by atoms with E-state index >= 15 is 0 Å². The number of imidazole rings is 4. The van der Waals surface area contributed by atoms with Crippen LogP contribution in [0.4, 0.5) is 0 Å².